The van der Waals surface area contributed by atoms with Crippen molar-refractivity contribution in [2.75, 3.05) is 0 Å². The molecule has 0 radical (unpaired) electrons. The first kappa shape index (κ1) is 19.3. The lowest BCUT2D eigenvalue weighted by Gasteiger charge is -2.19. The van der Waals surface area contributed by atoms with Crippen LogP contribution in [0.1, 0.15) is 62.7 Å². The molecule has 0 N–H and O–H groups in total. The summed E-state index contributed by atoms with van der Waals surface area (Å²) in [4.78, 5) is 0. The topological polar surface area (TPSA) is 44.5 Å². The number of hydrogen-bond acceptors (Lipinski definition) is 4. The molecule has 2 unspecified atom stereocenters. The van der Waals surface area contributed by atoms with Gasteiger partial charge in [-0.15, -0.1) is 13.2 Å². The Bertz CT molecular complexity index is 813. The molecule has 152 valence electrons. The summed E-state index contributed by atoms with van der Waals surface area (Å²) in [7, 11) is 0. The van der Waals surface area contributed by atoms with E-state index in [0.717, 1.165) is 49.8 Å². The Morgan fingerprint density at radius 3 is 2.64 bits per heavy atom. The summed E-state index contributed by atoms with van der Waals surface area (Å²) < 4.78 is 54.5. The highest BCUT2D eigenvalue weighted by Crippen LogP contribution is 2.46. The third kappa shape index (κ3) is 4.19. The molecule has 4 nitrogen and oxygen atoms in total. The maximum atomic E-state index is 12.8. The van der Waals surface area contributed by atoms with Crippen molar-refractivity contribution in [2.45, 2.75) is 70.4 Å². The molecule has 28 heavy (non-hydrogen) atoms. The van der Waals surface area contributed by atoms with Crippen molar-refractivity contribution in [3.8, 4) is 17.0 Å². The van der Waals surface area contributed by atoms with Gasteiger partial charge in [0, 0.05) is 17.0 Å². The first-order valence-corrected chi connectivity index (χ1v) is 9.91. The van der Waals surface area contributed by atoms with E-state index in [1.165, 1.54) is 12.1 Å². The molecule has 0 spiro atoms. The van der Waals surface area contributed by atoms with E-state index in [-0.39, 0.29) is 23.3 Å². The lowest BCUT2D eigenvalue weighted by Crippen LogP contribution is -2.18. The average Bonchev–Trinajstić information content (AvgIpc) is 3.24. The van der Waals surface area contributed by atoms with Gasteiger partial charge < -0.3 is 14.0 Å². The standard InChI is InChI=1S/C21H24F3NO3/c1-2-13-6-5-9-17(13)26-12-16-19(25-28-20(16)14-10-11-14)15-7-3-4-8-18(15)27-21(22,23)24/h3-4,7-8,13-14,17H,2,5-6,9-12H2,1H3. The highest BCUT2D eigenvalue weighted by molar-refractivity contribution is 5.70. The fourth-order valence-electron chi connectivity index (χ4n) is 4.09. The Morgan fingerprint density at radius 2 is 1.93 bits per heavy atom. The second-order valence-corrected chi connectivity index (χ2v) is 7.64. The first-order valence-electron chi connectivity index (χ1n) is 9.91. The summed E-state index contributed by atoms with van der Waals surface area (Å²) in [5, 5.41) is 4.12. The molecule has 2 aliphatic carbocycles. The molecule has 0 aliphatic heterocycles. The van der Waals surface area contributed by atoms with Gasteiger partial charge in [-0.05, 0) is 43.7 Å². The van der Waals surface area contributed by atoms with E-state index >= 15 is 0 Å². The van der Waals surface area contributed by atoms with E-state index in [4.69, 9.17) is 9.26 Å². The van der Waals surface area contributed by atoms with Crippen molar-refractivity contribution < 1.29 is 27.2 Å². The van der Waals surface area contributed by atoms with Gasteiger partial charge in [-0.2, -0.15) is 0 Å². The Hall–Kier alpha value is -2.02. The lowest BCUT2D eigenvalue weighted by molar-refractivity contribution is -0.274. The predicted molar refractivity (Wildman–Crippen MR) is 96.8 cm³/mol. The minimum Gasteiger partial charge on any atom is -0.405 e. The molecule has 7 heteroatoms. The highest BCUT2D eigenvalue weighted by Gasteiger charge is 2.36. The number of alkyl halides is 3. The normalized spacial score (nSPS) is 22.6. The number of benzene rings is 1. The SMILES string of the molecule is CCC1CCCC1OCc1c(-c2ccccc2OC(F)(F)F)noc1C1CC1. The molecule has 1 heterocycles. The summed E-state index contributed by atoms with van der Waals surface area (Å²) in [6, 6.07) is 6.04. The number of halogens is 3. The van der Waals surface area contributed by atoms with Gasteiger partial charge >= 0.3 is 6.36 Å². The number of hydrogen-bond donors (Lipinski definition) is 0. The zero-order valence-corrected chi connectivity index (χ0v) is 15.8. The molecule has 1 aromatic heterocycles. The quantitative estimate of drug-likeness (QED) is 0.559. The van der Waals surface area contributed by atoms with Crippen LogP contribution in [-0.4, -0.2) is 17.6 Å². The predicted octanol–water partition coefficient (Wildman–Crippen LogP) is 6.21. The van der Waals surface area contributed by atoms with E-state index in [9.17, 15) is 13.2 Å². The van der Waals surface area contributed by atoms with Crippen LogP contribution in [0.25, 0.3) is 11.3 Å². The lowest BCUT2D eigenvalue weighted by atomic mass is 10.0. The molecule has 0 saturated heterocycles. The Balaban J connectivity index is 1.63. The summed E-state index contributed by atoms with van der Waals surface area (Å²) in [6.45, 7) is 2.46. The van der Waals surface area contributed by atoms with Crippen molar-refractivity contribution in [1.82, 2.24) is 5.16 Å². The number of aromatic nitrogens is 1. The number of rotatable bonds is 7. The summed E-state index contributed by atoms with van der Waals surface area (Å²) in [6.07, 6.45) is 1.82. The Kier molecular flexibility index (Phi) is 5.36. The van der Waals surface area contributed by atoms with Crippen molar-refractivity contribution in [3.05, 3.63) is 35.6 Å². The fourth-order valence-corrected chi connectivity index (χ4v) is 4.09. The summed E-state index contributed by atoms with van der Waals surface area (Å²) in [5.41, 5.74) is 1.41. The number of para-hydroxylation sites is 1. The van der Waals surface area contributed by atoms with E-state index in [1.807, 2.05) is 0 Å². The van der Waals surface area contributed by atoms with Crippen LogP contribution in [0.2, 0.25) is 0 Å². The number of nitrogens with zero attached hydrogens (tertiary/aromatic N) is 1. The Labute approximate surface area is 162 Å². The van der Waals surface area contributed by atoms with Gasteiger partial charge in [-0.1, -0.05) is 37.1 Å². The largest absolute Gasteiger partial charge is 0.573 e. The van der Waals surface area contributed by atoms with Gasteiger partial charge in [0.1, 0.15) is 17.2 Å². The first-order chi connectivity index (χ1) is 13.5. The average molecular weight is 395 g/mol. The van der Waals surface area contributed by atoms with Gasteiger partial charge in [-0.25, -0.2) is 0 Å². The minimum absolute atomic E-state index is 0.182. The summed E-state index contributed by atoms with van der Waals surface area (Å²) in [5.74, 6) is 1.27. The van der Waals surface area contributed by atoms with Crippen LogP contribution >= 0.6 is 0 Å². The van der Waals surface area contributed by atoms with Crippen molar-refractivity contribution >= 4 is 0 Å². The Morgan fingerprint density at radius 1 is 1.14 bits per heavy atom. The zero-order chi connectivity index (χ0) is 19.7. The smallest absolute Gasteiger partial charge is 0.405 e. The van der Waals surface area contributed by atoms with Gasteiger partial charge in [0.2, 0.25) is 0 Å². The molecule has 2 aliphatic rings. The molecule has 2 aromatic rings. The van der Waals surface area contributed by atoms with Crippen molar-refractivity contribution in [1.29, 1.82) is 0 Å². The van der Waals surface area contributed by atoms with Gasteiger partial charge in [0.05, 0.1) is 12.7 Å². The molecule has 2 atom stereocenters. The van der Waals surface area contributed by atoms with E-state index < -0.39 is 6.36 Å². The molecule has 1 aromatic carbocycles. The van der Waals surface area contributed by atoms with Crippen LogP contribution in [0.4, 0.5) is 13.2 Å². The maximum Gasteiger partial charge on any atom is 0.573 e. The van der Waals surface area contributed by atoms with Crippen LogP contribution in [0, 0.1) is 5.92 Å². The van der Waals surface area contributed by atoms with Gasteiger partial charge in [0.15, 0.2) is 0 Å². The van der Waals surface area contributed by atoms with Crippen LogP contribution < -0.4 is 4.74 Å². The second-order valence-electron chi connectivity index (χ2n) is 7.64. The third-order valence-electron chi connectivity index (χ3n) is 5.69. The molecule has 4 rings (SSSR count). The van der Waals surface area contributed by atoms with Crippen molar-refractivity contribution in [3.63, 3.8) is 0 Å². The molecule has 0 bridgehead atoms. The molecule has 0 amide bonds. The van der Waals surface area contributed by atoms with E-state index in [1.54, 1.807) is 12.1 Å². The van der Waals surface area contributed by atoms with Crippen molar-refractivity contribution in [2.24, 2.45) is 5.92 Å². The van der Waals surface area contributed by atoms with E-state index in [2.05, 4.69) is 16.8 Å². The monoisotopic (exact) mass is 395 g/mol. The summed E-state index contributed by atoms with van der Waals surface area (Å²) >= 11 is 0. The van der Waals surface area contributed by atoms with E-state index in [0.29, 0.717) is 18.2 Å². The zero-order valence-electron chi connectivity index (χ0n) is 15.8. The molecule has 2 fully saturated rings. The van der Waals surface area contributed by atoms with Crippen LogP contribution in [0.5, 0.6) is 5.75 Å². The minimum atomic E-state index is -4.77. The molecule has 2 saturated carbocycles. The highest BCUT2D eigenvalue weighted by atomic mass is 19.4. The van der Waals surface area contributed by atoms with Crippen LogP contribution in [0.3, 0.4) is 0 Å². The van der Waals surface area contributed by atoms with Crippen LogP contribution in [0.15, 0.2) is 28.8 Å². The maximum absolute atomic E-state index is 12.8. The fraction of sp³-hybridized carbons (Fsp3) is 0.571. The van der Waals surface area contributed by atoms with Gasteiger partial charge in [0.25, 0.3) is 0 Å². The molecular formula is C21H24F3NO3. The van der Waals surface area contributed by atoms with Gasteiger partial charge in [-0.3, -0.25) is 0 Å². The number of ether oxygens (including phenoxy) is 2. The molecular weight excluding hydrogens is 371 g/mol. The third-order valence-corrected chi connectivity index (χ3v) is 5.69. The second kappa shape index (κ2) is 7.78. The van der Waals surface area contributed by atoms with Crippen LogP contribution in [-0.2, 0) is 11.3 Å².